The molecule has 0 aromatic heterocycles. The van der Waals surface area contributed by atoms with Crippen LogP contribution in [0.4, 0.5) is 5.69 Å². The van der Waals surface area contributed by atoms with Crippen LogP contribution in [-0.4, -0.2) is 24.2 Å². The minimum atomic E-state index is -0.920. The second-order valence-corrected chi connectivity index (χ2v) is 3.64. The maximum atomic E-state index is 10.8. The minimum Gasteiger partial charge on any atom is -0.495 e. The molecule has 1 aliphatic carbocycles. The Hall–Kier alpha value is -1.71. The highest BCUT2D eigenvalue weighted by Crippen LogP contribution is 2.31. The van der Waals surface area contributed by atoms with Crippen LogP contribution < -0.4 is 10.1 Å². The Balaban J connectivity index is 2.28. The Morgan fingerprint density at radius 1 is 1.53 bits per heavy atom. The van der Waals surface area contributed by atoms with E-state index in [9.17, 15) is 4.79 Å². The van der Waals surface area contributed by atoms with E-state index in [1.807, 2.05) is 0 Å². The summed E-state index contributed by atoms with van der Waals surface area (Å²) in [5, 5.41) is 12.1. The summed E-state index contributed by atoms with van der Waals surface area (Å²) in [5.41, 5.74) is 1.04. The van der Waals surface area contributed by atoms with Gasteiger partial charge in [-0.15, -0.1) is 0 Å². The predicted octanol–water partition coefficient (Wildman–Crippen LogP) is 1.97. The van der Waals surface area contributed by atoms with Gasteiger partial charge < -0.3 is 15.2 Å². The van der Waals surface area contributed by atoms with E-state index < -0.39 is 5.97 Å². The minimum absolute atomic E-state index is 0.277. The summed E-state index contributed by atoms with van der Waals surface area (Å²) in [6.45, 7) is 0. The topological polar surface area (TPSA) is 58.6 Å². The monoisotopic (exact) mass is 207 g/mol. The predicted molar refractivity (Wildman–Crippen MR) is 56.6 cm³/mol. The maximum absolute atomic E-state index is 10.8. The first-order chi connectivity index (χ1) is 7.20. The molecule has 1 aliphatic rings. The summed E-state index contributed by atoms with van der Waals surface area (Å²) < 4.78 is 5.15. The molecule has 1 fully saturated rings. The van der Waals surface area contributed by atoms with Gasteiger partial charge in [0.2, 0.25) is 0 Å². The fourth-order valence-corrected chi connectivity index (χ4v) is 1.40. The lowest BCUT2D eigenvalue weighted by Gasteiger charge is -2.10. The van der Waals surface area contributed by atoms with Gasteiger partial charge in [-0.05, 0) is 31.0 Å². The lowest BCUT2D eigenvalue weighted by Crippen LogP contribution is -2.05. The van der Waals surface area contributed by atoms with Crippen LogP contribution in [0.25, 0.3) is 0 Å². The van der Waals surface area contributed by atoms with E-state index in [0.29, 0.717) is 11.8 Å². The highest BCUT2D eigenvalue weighted by atomic mass is 16.5. The van der Waals surface area contributed by atoms with Gasteiger partial charge in [-0.2, -0.15) is 0 Å². The van der Waals surface area contributed by atoms with E-state index in [0.717, 1.165) is 18.5 Å². The lowest BCUT2D eigenvalue weighted by atomic mass is 10.2. The number of anilines is 1. The van der Waals surface area contributed by atoms with Crippen LogP contribution in [0.3, 0.4) is 0 Å². The summed E-state index contributed by atoms with van der Waals surface area (Å²) in [6, 6.07) is 5.30. The second-order valence-electron chi connectivity index (χ2n) is 3.64. The molecule has 0 aliphatic heterocycles. The third kappa shape index (κ3) is 2.21. The summed E-state index contributed by atoms with van der Waals surface area (Å²) in [6.07, 6.45) is 2.28. The Labute approximate surface area is 87.9 Å². The molecule has 0 radical (unpaired) electrons. The molecule has 15 heavy (non-hydrogen) atoms. The Kier molecular flexibility index (Phi) is 2.49. The van der Waals surface area contributed by atoms with Crippen molar-refractivity contribution in [1.82, 2.24) is 0 Å². The molecule has 1 aromatic rings. The summed E-state index contributed by atoms with van der Waals surface area (Å²) in [7, 11) is 1.58. The number of benzene rings is 1. The third-order valence-electron chi connectivity index (χ3n) is 2.38. The average Bonchev–Trinajstić information content (AvgIpc) is 3.01. The molecule has 0 saturated heterocycles. The molecule has 0 amide bonds. The van der Waals surface area contributed by atoms with Crippen molar-refractivity contribution >= 4 is 11.7 Å². The van der Waals surface area contributed by atoms with Crippen molar-refractivity contribution in [3.63, 3.8) is 0 Å². The molecule has 0 spiro atoms. The van der Waals surface area contributed by atoms with E-state index in [4.69, 9.17) is 9.84 Å². The first-order valence-corrected chi connectivity index (χ1v) is 4.88. The Morgan fingerprint density at radius 2 is 2.27 bits per heavy atom. The molecule has 80 valence electrons. The molecule has 0 bridgehead atoms. The summed E-state index contributed by atoms with van der Waals surface area (Å²) in [5.74, 6) is -0.233. The first kappa shape index (κ1) is 9.83. The number of ether oxygens (including phenoxy) is 1. The lowest BCUT2D eigenvalue weighted by molar-refractivity contribution is 0.0697. The van der Waals surface area contributed by atoms with Gasteiger partial charge >= 0.3 is 5.97 Å². The first-order valence-electron chi connectivity index (χ1n) is 4.88. The number of carboxylic acid groups (broad SMARTS) is 1. The molecule has 2 rings (SSSR count). The normalized spacial score (nSPS) is 14.7. The largest absolute Gasteiger partial charge is 0.495 e. The SMILES string of the molecule is COc1ccc(C(=O)O)cc1NC1CC1. The molecule has 2 N–H and O–H groups in total. The molecule has 4 heteroatoms. The van der Waals surface area contributed by atoms with Crippen molar-refractivity contribution in [1.29, 1.82) is 0 Å². The van der Waals surface area contributed by atoms with Gasteiger partial charge in [0, 0.05) is 6.04 Å². The van der Waals surface area contributed by atoms with Gasteiger partial charge in [0.1, 0.15) is 5.75 Å². The number of nitrogens with one attached hydrogen (secondary N) is 1. The van der Waals surface area contributed by atoms with Crippen LogP contribution in [0.15, 0.2) is 18.2 Å². The Bertz CT molecular complexity index is 385. The molecular weight excluding hydrogens is 194 g/mol. The molecule has 0 heterocycles. The van der Waals surface area contributed by atoms with Crippen molar-refractivity contribution in [2.75, 3.05) is 12.4 Å². The molecule has 1 saturated carbocycles. The van der Waals surface area contributed by atoms with Gasteiger partial charge in [0.15, 0.2) is 0 Å². The fourth-order valence-electron chi connectivity index (χ4n) is 1.40. The van der Waals surface area contributed by atoms with Gasteiger partial charge in [-0.3, -0.25) is 0 Å². The van der Waals surface area contributed by atoms with Crippen LogP contribution in [0.5, 0.6) is 5.75 Å². The van der Waals surface area contributed by atoms with E-state index in [-0.39, 0.29) is 5.56 Å². The highest BCUT2D eigenvalue weighted by molar-refractivity contribution is 5.89. The van der Waals surface area contributed by atoms with Crippen LogP contribution >= 0.6 is 0 Å². The zero-order chi connectivity index (χ0) is 10.8. The van der Waals surface area contributed by atoms with Crippen molar-refractivity contribution in [2.24, 2.45) is 0 Å². The van der Waals surface area contributed by atoms with Gasteiger partial charge in [-0.1, -0.05) is 0 Å². The zero-order valence-electron chi connectivity index (χ0n) is 8.49. The third-order valence-corrected chi connectivity index (χ3v) is 2.38. The van der Waals surface area contributed by atoms with Crippen LogP contribution in [0, 0.1) is 0 Å². The van der Waals surface area contributed by atoms with Crippen LogP contribution in [0.1, 0.15) is 23.2 Å². The van der Waals surface area contributed by atoms with Crippen molar-refractivity contribution < 1.29 is 14.6 Å². The number of aromatic carboxylic acids is 1. The van der Waals surface area contributed by atoms with E-state index in [1.165, 1.54) is 0 Å². The number of rotatable bonds is 4. The molecule has 0 unspecified atom stereocenters. The number of carbonyl (C=O) groups is 1. The maximum Gasteiger partial charge on any atom is 0.335 e. The van der Waals surface area contributed by atoms with Crippen molar-refractivity contribution in [3.05, 3.63) is 23.8 Å². The molecule has 4 nitrogen and oxygen atoms in total. The number of hydrogen-bond donors (Lipinski definition) is 2. The highest BCUT2D eigenvalue weighted by Gasteiger charge is 2.22. The van der Waals surface area contributed by atoms with Crippen molar-refractivity contribution in [3.8, 4) is 5.75 Å². The van der Waals surface area contributed by atoms with Crippen molar-refractivity contribution in [2.45, 2.75) is 18.9 Å². The van der Waals surface area contributed by atoms with Gasteiger partial charge in [0.05, 0.1) is 18.4 Å². The number of carboxylic acids is 1. The number of methoxy groups -OCH3 is 1. The number of hydrogen-bond acceptors (Lipinski definition) is 3. The second kappa shape index (κ2) is 3.81. The van der Waals surface area contributed by atoms with Gasteiger partial charge in [-0.25, -0.2) is 4.79 Å². The summed E-state index contributed by atoms with van der Waals surface area (Å²) >= 11 is 0. The Morgan fingerprint density at radius 3 is 2.80 bits per heavy atom. The summed E-state index contributed by atoms with van der Waals surface area (Å²) in [4.78, 5) is 10.8. The van der Waals surface area contributed by atoms with E-state index in [1.54, 1.807) is 25.3 Å². The standard InChI is InChI=1S/C11H13NO3/c1-15-10-5-2-7(11(13)14)6-9(10)12-8-3-4-8/h2,5-6,8,12H,3-4H2,1H3,(H,13,14). The average molecular weight is 207 g/mol. The molecule has 0 atom stereocenters. The van der Waals surface area contributed by atoms with Crippen LogP contribution in [0.2, 0.25) is 0 Å². The van der Waals surface area contributed by atoms with Crippen LogP contribution in [-0.2, 0) is 0 Å². The molecular formula is C11H13NO3. The fraction of sp³-hybridized carbons (Fsp3) is 0.364. The zero-order valence-corrected chi connectivity index (χ0v) is 8.49. The quantitative estimate of drug-likeness (QED) is 0.792. The van der Waals surface area contributed by atoms with Gasteiger partial charge in [0.25, 0.3) is 0 Å². The smallest absolute Gasteiger partial charge is 0.335 e. The van der Waals surface area contributed by atoms with E-state index >= 15 is 0 Å². The molecule has 1 aromatic carbocycles. The van der Waals surface area contributed by atoms with E-state index in [2.05, 4.69) is 5.32 Å².